The summed E-state index contributed by atoms with van der Waals surface area (Å²) in [6.45, 7) is 0.374. The largest absolute Gasteiger partial charge is 0.497 e. The number of methoxy groups -OCH3 is 1. The van der Waals surface area contributed by atoms with Gasteiger partial charge >= 0.3 is 0 Å². The second-order valence-corrected chi connectivity index (χ2v) is 9.87. The Labute approximate surface area is 160 Å². The van der Waals surface area contributed by atoms with E-state index in [1.54, 1.807) is 12.1 Å². The summed E-state index contributed by atoms with van der Waals surface area (Å²) in [6, 6.07) is 6.12. The van der Waals surface area contributed by atoms with Crippen LogP contribution in [0.15, 0.2) is 29.2 Å². The maximum absolute atomic E-state index is 12.5. The molecule has 0 bridgehead atoms. The summed E-state index contributed by atoms with van der Waals surface area (Å²) in [7, 11) is -0.762. The molecular formula is C18H28N2O4S2. The second-order valence-electron chi connectivity index (χ2n) is 6.42. The summed E-state index contributed by atoms with van der Waals surface area (Å²) in [6.07, 6.45) is 6.47. The second kappa shape index (κ2) is 10.2. The number of hydrogen-bond donors (Lipinski definition) is 1. The first-order valence-corrected chi connectivity index (χ1v) is 11.4. The number of nitrogens with zero attached hydrogens (tertiary/aromatic N) is 1. The number of hydrogen-bond acceptors (Lipinski definition) is 5. The van der Waals surface area contributed by atoms with Crippen molar-refractivity contribution >= 4 is 27.7 Å². The lowest BCUT2D eigenvalue weighted by Crippen LogP contribution is -2.39. The molecule has 0 unspecified atom stereocenters. The minimum atomic E-state index is -3.70. The normalized spacial score (nSPS) is 15.8. The highest BCUT2D eigenvalue weighted by Gasteiger charge is 2.23. The van der Waals surface area contributed by atoms with Crippen LogP contribution in [0, 0.1) is 0 Å². The SMILES string of the molecule is COc1ccc(S(=O)(=O)N(C)CC(=O)NCCSC2CCCCC2)cc1. The van der Waals surface area contributed by atoms with Crippen LogP contribution in [0.5, 0.6) is 5.75 Å². The Morgan fingerprint density at radius 1 is 1.23 bits per heavy atom. The molecule has 0 aromatic heterocycles. The zero-order chi connectivity index (χ0) is 19.0. The van der Waals surface area contributed by atoms with Crippen molar-refractivity contribution in [1.82, 2.24) is 9.62 Å². The Bertz CT molecular complexity index is 671. The molecule has 1 aliphatic rings. The quantitative estimate of drug-likeness (QED) is 0.645. The molecule has 1 saturated carbocycles. The molecule has 1 fully saturated rings. The number of amides is 1. The molecule has 1 aliphatic carbocycles. The maximum Gasteiger partial charge on any atom is 0.243 e. The van der Waals surface area contributed by atoms with Gasteiger partial charge in [0, 0.05) is 24.6 Å². The molecule has 146 valence electrons. The zero-order valence-corrected chi connectivity index (χ0v) is 17.1. The van der Waals surface area contributed by atoms with E-state index in [-0.39, 0.29) is 17.3 Å². The van der Waals surface area contributed by atoms with Crippen LogP contribution in [0.2, 0.25) is 0 Å². The van der Waals surface area contributed by atoms with Gasteiger partial charge in [0.15, 0.2) is 0 Å². The van der Waals surface area contributed by atoms with Gasteiger partial charge < -0.3 is 10.1 Å². The number of sulfonamides is 1. The van der Waals surface area contributed by atoms with Crippen LogP contribution in [0.4, 0.5) is 0 Å². The Hall–Kier alpha value is -1.25. The van der Waals surface area contributed by atoms with Crippen molar-refractivity contribution < 1.29 is 17.9 Å². The fraction of sp³-hybridized carbons (Fsp3) is 0.611. The van der Waals surface area contributed by atoms with E-state index in [0.717, 1.165) is 10.1 Å². The monoisotopic (exact) mass is 400 g/mol. The fourth-order valence-electron chi connectivity index (χ4n) is 2.92. The summed E-state index contributed by atoms with van der Waals surface area (Å²) in [4.78, 5) is 12.2. The van der Waals surface area contributed by atoms with Gasteiger partial charge in [0.05, 0.1) is 18.6 Å². The van der Waals surface area contributed by atoms with Gasteiger partial charge in [-0.05, 0) is 37.1 Å². The van der Waals surface area contributed by atoms with Gasteiger partial charge in [-0.1, -0.05) is 19.3 Å². The third-order valence-corrected chi connectivity index (χ3v) is 7.66. The molecule has 0 heterocycles. The van der Waals surface area contributed by atoms with Gasteiger partial charge in [-0.25, -0.2) is 8.42 Å². The third kappa shape index (κ3) is 6.17. The number of carbonyl (C=O) groups excluding carboxylic acids is 1. The van der Waals surface area contributed by atoms with E-state index in [1.807, 2.05) is 11.8 Å². The van der Waals surface area contributed by atoms with E-state index >= 15 is 0 Å². The molecule has 1 aromatic rings. The number of ether oxygens (including phenoxy) is 1. The van der Waals surface area contributed by atoms with E-state index in [1.165, 1.54) is 58.4 Å². The van der Waals surface area contributed by atoms with Crippen molar-refractivity contribution in [2.45, 2.75) is 42.2 Å². The van der Waals surface area contributed by atoms with Crippen molar-refractivity contribution in [2.75, 3.05) is 33.0 Å². The van der Waals surface area contributed by atoms with Crippen LogP contribution in [0.3, 0.4) is 0 Å². The van der Waals surface area contributed by atoms with Gasteiger partial charge in [-0.2, -0.15) is 16.1 Å². The molecule has 0 atom stereocenters. The van der Waals surface area contributed by atoms with Crippen molar-refractivity contribution in [3.63, 3.8) is 0 Å². The molecule has 1 amide bonds. The molecule has 2 rings (SSSR count). The van der Waals surface area contributed by atoms with Crippen LogP contribution in [0.1, 0.15) is 32.1 Å². The molecule has 1 N–H and O–H groups in total. The average molecular weight is 401 g/mol. The summed E-state index contributed by atoms with van der Waals surface area (Å²) in [5, 5.41) is 3.52. The molecule has 6 nitrogen and oxygen atoms in total. The summed E-state index contributed by atoms with van der Waals surface area (Å²) >= 11 is 1.91. The first-order chi connectivity index (χ1) is 12.4. The lowest BCUT2D eigenvalue weighted by molar-refractivity contribution is -0.121. The summed E-state index contributed by atoms with van der Waals surface area (Å²) in [5.41, 5.74) is 0. The van der Waals surface area contributed by atoms with Gasteiger partial charge in [0.2, 0.25) is 15.9 Å². The number of carbonyl (C=O) groups is 1. The van der Waals surface area contributed by atoms with Gasteiger partial charge in [-0.15, -0.1) is 0 Å². The Kier molecular flexibility index (Phi) is 8.24. The predicted molar refractivity (Wildman–Crippen MR) is 105 cm³/mol. The Morgan fingerprint density at radius 3 is 2.50 bits per heavy atom. The molecule has 0 radical (unpaired) electrons. The van der Waals surface area contributed by atoms with Crippen molar-refractivity contribution in [3.8, 4) is 5.75 Å². The molecule has 26 heavy (non-hydrogen) atoms. The van der Waals surface area contributed by atoms with Crippen LogP contribution in [-0.4, -0.2) is 56.9 Å². The molecule has 8 heteroatoms. The number of likely N-dealkylation sites (N-methyl/N-ethyl adjacent to an activating group) is 1. The fourth-order valence-corrected chi connectivity index (χ4v) is 5.27. The van der Waals surface area contributed by atoms with Crippen LogP contribution >= 0.6 is 11.8 Å². The third-order valence-electron chi connectivity index (χ3n) is 4.46. The lowest BCUT2D eigenvalue weighted by atomic mass is 10.0. The van der Waals surface area contributed by atoms with Crippen LogP contribution in [0.25, 0.3) is 0 Å². The van der Waals surface area contributed by atoms with E-state index < -0.39 is 10.0 Å². The Balaban J connectivity index is 1.75. The molecule has 0 saturated heterocycles. The highest BCUT2D eigenvalue weighted by Crippen LogP contribution is 2.27. The highest BCUT2D eigenvalue weighted by atomic mass is 32.2. The van der Waals surface area contributed by atoms with E-state index in [0.29, 0.717) is 17.5 Å². The van der Waals surface area contributed by atoms with Gasteiger partial charge in [0.25, 0.3) is 0 Å². The predicted octanol–water partition coefficient (Wildman–Crippen LogP) is 2.50. The topological polar surface area (TPSA) is 75.7 Å². The molecule has 1 aromatic carbocycles. The number of nitrogens with one attached hydrogen (secondary N) is 1. The number of benzene rings is 1. The van der Waals surface area contributed by atoms with Crippen molar-refractivity contribution in [2.24, 2.45) is 0 Å². The number of thioether (sulfide) groups is 1. The van der Waals surface area contributed by atoms with Gasteiger partial charge in [0.1, 0.15) is 5.75 Å². The van der Waals surface area contributed by atoms with Crippen LogP contribution < -0.4 is 10.1 Å². The van der Waals surface area contributed by atoms with Crippen molar-refractivity contribution in [1.29, 1.82) is 0 Å². The first kappa shape index (κ1) is 21.1. The van der Waals surface area contributed by atoms with E-state index in [2.05, 4.69) is 5.32 Å². The van der Waals surface area contributed by atoms with Crippen LogP contribution in [-0.2, 0) is 14.8 Å². The summed E-state index contributed by atoms with van der Waals surface area (Å²) in [5.74, 6) is 1.17. The minimum Gasteiger partial charge on any atom is -0.497 e. The minimum absolute atomic E-state index is 0.140. The smallest absolute Gasteiger partial charge is 0.243 e. The lowest BCUT2D eigenvalue weighted by Gasteiger charge is -2.21. The number of rotatable bonds is 9. The van der Waals surface area contributed by atoms with E-state index in [9.17, 15) is 13.2 Å². The van der Waals surface area contributed by atoms with Crippen molar-refractivity contribution in [3.05, 3.63) is 24.3 Å². The molecule has 0 aliphatic heterocycles. The first-order valence-electron chi connectivity index (χ1n) is 8.92. The molecule has 0 spiro atoms. The maximum atomic E-state index is 12.5. The zero-order valence-electron chi connectivity index (χ0n) is 15.4. The summed E-state index contributed by atoms with van der Waals surface area (Å²) < 4.78 is 31.1. The average Bonchev–Trinajstić information content (AvgIpc) is 2.66. The Morgan fingerprint density at radius 2 is 1.88 bits per heavy atom. The highest BCUT2D eigenvalue weighted by molar-refractivity contribution is 7.99. The van der Waals surface area contributed by atoms with Gasteiger partial charge in [-0.3, -0.25) is 4.79 Å². The van der Waals surface area contributed by atoms with E-state index in [4.69, 9.17) is 4.74 Å². The standard InChI is InChI=1S/C18H28N2O4S2/c1-20(26(22,23)17-10-8-15(24-2)9-11-17)14-18(21)19-12-13-25-16-6-4-3-5-7-16/h8-11,16H,3-7,12-14H2,1-2H3,(H,19,21). The molecular weight excluding hydrogens is 372 g/mol.